The summed E-state index contributed by atoms with van der Waals surface area (Å²) in [6.07, 6.45) is 0. The predicted molar refractivity (Wildman–Crippen MR) is 180 cm³/mol. The average molecular weight is 545 g/mol. The Hall–Kier alpha value is -5.91. The van der Waals surface area contributed by atoms with E-state index in [1.54, 1.807) is 0 Å². The van der Waals surface area contributed by atoms with Crippen LogP contribution in [0, 0.1) is 11.3 Å². The third kappa shape index (κ3) is 3.46. The van der Waals surface area contributed by atoms with Gasteiger partial charge in [-0.3, -0.25) is 0 Å². The molecule has 0 N–H and O–H groups in total. The van der Waals surface area contributed by atoms with Crippen molar-refractivity contribution in [3.63, 3.8) is 0 Å². The van der Waals surface area contributed by atoms with E-state index >= 15 is 0 Å². The van der Waals surface area contributed by atoms with E-state index in [2.05, 4.69) is 138 Å². The molecule has 0 fully saturated rings. The molecule has 0 amide bonds. The van der Waals surface area contributed by atoms with Crippen LogP contribution >= 0.6 is 0 Å². The Labute approximate surface area is 248 Å². The van der Waals surface area contributed by atoms with Gasteiger partial charge in [-0.2, -0.15) is 5.26 Å². The molecular weight excluding hydrogens is 520 g/mol. The summed E-state index contributed by atoms with van der Waals surface area (Å²) >= 11 is 0. The molecule has 0 saturated carbocycles. The molecule has 0 bridgehead atoms. The van der Waals surface area contributed by atoms with Crippen LogP contribution < -0.4 is 0 Å². The first-order valence-corrected chi connectivity index (χ1v) is 14.6. The minimum Gasteiger partial charge on any atom is -0.309 e. The molecular formula is C41H24N2. The van der Waals surface area contributed by atoms with Crippen molar-refractivity contribution in [1.29, 1.82) is 5.26 Å². The van der Waals surface area contributed by atoms with E-state index in [4.69, 9.17) is 0 Å². The monoisotopic (exact) mass is 544 g/mol. The summed E-state index contributed by atoms with van der Waals surface area (Å²) in [5.41, 5.74) is 8.90. The highest BCUT2D eigenvalue weighted by molar-refractivity contribution is 6.27. The molecule has 0 unspecified atom stereocenters. The molecule has 0 saturated heterocycles. The van der Waals surface area contributed by atoms with Crippen molar-refractivity contribution in [3.8, 4) is 34.0 Å². The molecule has 1 heterocycles. The quantitative estimate of drug-likeness (QED) is 0.203. The maximum atomic E-state index is 9.63. The summed E-state index contributed by atoms with van der Waals surface area (Å²) < 4.78 is 2.32. The van der Waals surface area contributed by atoms with E-state index in [1.165, 1.54) is 54.6 Å². The molecule has 0 spiro atoms. The maximum Gasteiger partial charge on any atom is 0.0991 e. The second-order valence-corrected chi connectivity index (χ2v) is 11.3. The largest absolute Gasteiger partial charge is 0.309 e. The second kappa shape index (κ2) is 9.05. The van der Waals surface area contributed by atoms with Gasteiger partial charge in [-0.05, 0) is 91.0 Å². The highest BCUT2D eigenvalue weighted by Crippen LogP contribution is 2.43. The van der Waals surface area contributed by atoms with E-state index in [0.29, 0.717) is 5.56 Å². The Balaban J connectivity index is 1.34. The lowest BCUT2D eigenvalue weighted by Gasteiger charge is -2.17. The SMILES string of the molecule is N#Cc1ccc2c(c1)c1ccc(-c3ccc4ccc5c(-c6ccccc6)ccc6ccc3c4c65)cc1n2-c1ccccc1. The fourth-order valence-electron chi connectivity index (χ4n) is 7.04. The molecule has 9 aromatic rings. The Morgan fingerprint density at radius 2 is 1.05 bits per heavy atom. The average Bonchev–Trinajstić information content (AvgIpc) is 3.40. The van der Waals surface area contributed by atoms with Gasteiger partial charge in [0.15, 0.2) is 0 Å². The van der Waals surface area contributed by atoms with Gasteiger partial charge in [0.05, 0.1) is 22.7 Å². The lowest BCUT2D eigenvalue weighted by molar-refractivity contribution is 1.18. The number of hydrogen-bond donors (Lipinski definition) is 0. The molecule has 0 radical (unpaired) electrons. The van der Waals surface area contributed by atoms with Gasteiger partial charge >= 0.3 is 0 Å². The molecule has 2 heteroatoms. The second-order valence-electron chi connectivity index (χ2n) is 11.3. The van der Waals surface area contributed by atoms with Gasteiger partial charge in [0.25, 0.3) is 0 Å². The fourth-order valence-corrected chi connectivity index (χ4v) is 7.04. The molecule has 1 aromatic heterocycles. The van der Waals surface area contributed by atoms with Crippen molar-refractivity contribution >= 4 is 54.1 Å². The molecule has 0 aliphatic carbocycles. The van der Waals surface area contributed by atoms with Gasteiger partial charge < -0.3 is 4.57 Å². The first-order valence-electron chi connectivity index (χ1n) is 14.6. The third-order valence-electron chi connectivity index (χ3n) is 8.97. The first-order chi connectivity index (χ1) is 21.3. The van der Waals surface area contributed by atoms with Crippen molar-refractivity contribution in [1.82, 2.24) is 4.57 Å². The van der Waals surface area contributed by atoms with Crippen LogP contribution in [0.4, 0.5) is 0 Å². The number of benzene rings is 8. The zero-order valence-electron chi connectivity index (χ0n) is 23.3. The van der Waals surface area contributed by atoms with Crippen LogP contribution in [0.5, 0.6) is 0 Å². The molecule has 43 heavy (non-hydrogen) atoms. The van der Waals surface area contributed by atoms with Crippen molar-refractivity contribution in [2.24, 2.45) is 0 Å². The molecule has 8 aromatic carbocycles. The number of nitriles is 1. The Kier molecular flexibility index (Phi) is 5.00. The predicted octanol–water partition coefficient (Wildman–Crippen LogP) is 10.9. The fraction of sp³-hybridized carbons (Fsp3) is 0. The van der Waals surface area contributed by atoms with Crippen LogP contribution in [-0.2, 0) is 0 Å². The summed E-state index contributed by atoms with van der Waals surface area (Å²) in [7, 11) is 0. The molecule has 2 nitrogen and oxygen atoms in total. The topological polar surface area (TPSA) is 28.7 Å². The highest BCUT2D eigenvalue weighted by Gasteiger charge is 2.17. The van der Waals surface area contributed by atoms with E-state index in [1.807, 2.05) is 18.2 Å². The van der Waals surface area contributed by atoms with E-state index in [9.17, 15) is 5.26 Å². The summed E-state index contributed by atoms with van der Waals surface area (Å²) in [4.78, 5) is 0. The lowest BCUT2D eigenvalue weighted by atomic mass is 9.87. The summed E-state index contributed by atoms with van der Waals surface area (Å²) in [6, 6.07) is 54.4. The molecule has 198 valence electrons. The van der Waals surface area contributed by atoms with E-state index < -0.39 is 0 Å². The van der Waals surface area contributed by atoms with Crippen LogP contribution in [0.2, 0.25) is 0 Å². The van der Waals surface area contributed by atoms with Crippen LogP contribution in [0.3, 0.4) is 0 Å². The summed E-state index contributed by atoms with van der Waals surface area (Å²) in [6.45, 7) is 0. The number of fused-ring (bicyclic) bond motifs is 3. The summed E-state index contributed by atoms with van der Waals surface area (Å²) in [5, 5.41) is 19.6. The van der Waals surface area contributed by atoms with Gasteiger partial charge in [-0.25, -0.2) is 0 Å². The molecule has 0 aliphatic rings. The maximum absolute atomic E-state index is 9.63. The van der Waals surface area contributed by atoms with Gasteiger partial charge in [0.2, 0.25) is 0 Å². The minimum atomic E-state index is 0.672. The molecule has 9 rings (SSSR count). The normalized spacial score (nSPS) is 11.7. The van der Waals surface area contributed by atoms with Crippen LogP contribution in [0.15, 0.2) is 146 Å². The van der Waals surface area contributed by atoms with E-state index in [-0.39, 0.29) is 0 Å². The Morgan fingerprint density at radius 1 is 0.442 bits per heavy atom. The minimum absolute atomic E-state index is 0.672. The van der Waals surface area contributed by atoms with Crippen molar-refractivity contribution < 1.29 is 0 Å². The van der Waals surface area contributed by atoms with Gasteiger partial charge in [-0.1, -0.05) is 109 Å². The van der Waals surface area contributed by atoms with E-state index in [0.717, 1.165) is 27.5 Å². The number of rotatable bonds is 3. The van der Waals surface area contributed by atoms with Crippen LogP contribution in [-0.4, -0.2) is 4.57 Å². The number of hydrogen-bond acceptors (Lipinski definition) is 1. The Bertz CT molecular complexity index is 2550. The van der Waals surface area contributed by atoms with Crippen molar-refractivity contribution in [2.75, 3.05) is 0 Å². The van der Waals surface area contributed by atoms with Gasteiger partial charge in [0, 0.05) is 16.5 Å². The van der Waals surface area contributed by atoms with Crippen LogP contribution in [0.25, 0.3) is 82.1 Å². The zero-order chi connectivity index (χ0) is 28.5. The van der Waals surface area contributed by atoms with Crippen LogP contribution in [0.1, 0.15) is 5.56 Å². The highest BCUT2D eigenvalue weighted by atomic mass is 15.0. The Morgan fingerprint density at radius 3 is 1.72 bits per heavy atom. The lowest BCUT2D eigenvalue weighted by Crippen LogP contribution is -1.93. The van der Waals surface area contributed by atoms with Crippen molar-refractivity contribution in [3.05, 3.63) is 151 Å². The number of aromatic nitrogens is 1. The molecule has 0 aliphatic heterocycles. The van der Waals surface area contributed by atoms with Crippen molar-refractivity contribution in [2.45, 2.75) is 0 Å². The first kappa shape index (κ1) is 23.8. The van der Waals surface area contributed by atoms with Gasteiger partial charge in [-0.15, -0.1) is 0 Å². The smallest absolute Gasteiger partial charge is 0.0991 e. The number of para-hydroxylation sites is 1. The van der Waals surface area contributed by atoms with Gasteiger partial charge in [0.1, 0.15) is 0 Å². The zero-order valence-corrected chi connectivity index (χ0v) is 23.3. The molecule has 0 atom stereocenters. The number of nitrogens with zero attached hydrogens (tertiary/aromatic N) is 2. The summed E-state index contributed by atoms with van der Waals surface area (Å²) in [5.74, 6) is 0. The third-order valence-corrected chi connectivity index (χ3v) is 8.97. The standard InChI is InChI=1S/C41H24N2/c42-25-26-11-22-38-37(23-26)34-19-16-30(24-39(34)43(38)31-9-5-2-6-10-31)33-18-13-29-14-20-35-32(27-7-3-1-4-8-27)17-12-28-15-21-36(33)41(29)40(28)35/h1-24H.